The molecule has 0 fully saturated rings. The monoisotopic (exact) mass is 344 g/mol. The molecule has 0 spiro atoms. The van der Waals surface area contributed by atoms with Gasteiger partial charge in [0.1, 0.15) is 11.4 Å². The molecule has 5 heteroatoms. The number of carbonyl (C=O) groups excluding carboxylic acids is 1. The average molecular weight is 345 g/mol. The fraction of sp³-hybridized carbons (Fsp3) is 0.125. The topological polar surface area (TPSA) is 55.0 Å². The summed E-state index contributed by atoms with van der Waals surface area (Å²) < 4.78 is 6.23. The Labute approximate surface area is 130 Å². The van der Waals surface area contributed by atoms with Crippen molar-refractivity contribution < 1.29 is 9.53 Å². The van der Waals surface area contributed by atoms with Gasteiger partial charge in [-0.25, -0.2) is 4.98 Å². The lowest BCUT2D eigenvalue weighted by Gasteiger charge is -2.04. The first-order chi connectivity index (χ1) is 10.2. The number of aromatic nitrogens is 2. The fourth-order valence-corrected chi connectivity index (χ4v) is 2.52. The van der Waals surface area contributed by atoms with Crippen molar-refractivity contribution in [1.29, 1.82) is 0 Å². The highest BCUT2D eigenvalue weighted by atomic mass is 79.9. The van der Waals surface area contributed by atoms with E-state index in [2.05, 4.69) is 25.9 Å². The summed E-state index contributed by atoms with van der Waals surface area (Å²) in [5, 5.41) is 0.809. The number of rotatable bonds is 4. The summed E-state index contributed by atoms with van der Waals surface area (Å²) in [7, 11) is 0. The molecule has 0 aliphatic heterocycles. The zero-order valence-electron chi connectivity index (χ0n) is 11.4. The van der Waals surface area contributed by atoms with Gasteiger partial charge in [0, 0.05) is 33.4 Å². The van der Waals surface area contributed by atoms with Crippen molar-refractivity contribution in [3.8, 4) is 5.75 Å². The van der Waals surface area contributed by atoms with Crippen LogP contribution in [-0.4, -0.2) is 22.4 Å². The highest BCUT2D eigenvalue weighted by Crippen LogP contribution is 2.23. The van der Waals surface area contributed by atoms with Crippen LogP contribution in [0.5, 0.6) is 5.75 Å². The van der Waals surface area contributed by atoms with Crippen molar-refractivity contribution in [1.82, 2.24) is 9.97 Å². The number of aromatic amines is 1. The van der Waals surface area contributed by atoms with Crippen LogP contribution in [0.4, 0.5) is 0 Å². The average Bonchev–Trinajstić information content (AvgIpc) is 2.90. The molecule has 3 rings (SSSR count). The van der Waals surface area contributed by atoms with E-state index in [4.69, 9.17) is 4.74 Å². The molecule has 0 saturated carbocycles. The van der Waals surface area contributed by atoms with Crippen LogP contribution in [-0.2, 0) is 0 Å². The summed E-state index contributed by atoms with van der Waals surface area (Å²) in [5.74, 6) is 0.724. The molecule has 1 N–H and O–H groups in total. The largest absolute Gasteiger partial charge is 0.494 e. The smallest absolute Gasteiger partial charge is 0.195 e. The van der Waals surface area contributed by atoms with Gasteiger partial charge in [0.2, 0.25) is 0 Å². The third-order valence-electron chi connectivity index (χ3n) is 3.17. The molecule has 2 heterocycles. The normalized spacial score (nSPS) is 10.8. The van der Waals surface area contributed by atoms with E-state index in [1.54, 1.807) is 36.7 Å². The first-order valence-corrected chi connectivity index (χ1v) is 7.38. The Morgan fingerprint density at radius 1 is 1.33 bits per heavy atom. The maximum absolute atomic E-state index is 12.6. The van der Waals surface area contributed by atoms with Gasteiger partial charge >= 0.3 is 0 Å². The van der Waals surface area contributed by atoms with Gasteiger partial charge in [-0.1, -0.05) is 0 Å². The van der Waals surface area contributed by atoms with Gasteiger partial charge in [-0.15, -0.1) is 0 Å². The molecule has 21 heavy (non-hydrogen) atoms. The van der Waals surface area contributed by atoms with Crippen molar-refractivity contribution in [2.75, 3.05) is 6.61 Å². The fourth-order valence-electron chi connectivity index (χ4n) is 2.19. The lowest BCUT2D eigenvalue weighted by Crippen LogP contribution is -2.00. The van der Waals surface area contributed by atoms with Crippen LogP contribution in [0.1, 0.15) is 22.8 Å². The standard InChI is InChI=1S/C16H13BrN2O2/c1-2-21-12-5-3-10(4-6-12)15(20)14-9-19-16-13(14)7-11(17)8-18-16/h3-9H,2H2,1H3,(H,18,19). The Bertz CT molecular complexity index is 794. The second kappa shape index (κ2) is 5.69. The molecule has 0 unspecified atom stereocenters. The van der Waals surface area contributed by atoms with Gasteiger partial charge in [-0.05, 0) is 53.2 Å². The maximum atomic E-state index is 12.6. The minimum Gasteiger partial charge on any atom is -0.494 e. The highest BCUT2D eigenvalue weighted by molar-refractivity contribution is 9.10. The van der Waals surface area contributed by atoms with E-state index in [1.807, 2.05) is 13.0 Å². The number of carbonyl (C=O) groups is 1. The Balaban J connectivity index is 1.98. The molecule has 106 valence electrons. The summed E-state index contributed by atoms with van der Waals surface area (Å²) in [6, 6.07) is 9.05. The molecule has 0 atom stereocenters. The second-order valence-corrected chi connectivity index (χ2v) is 5.45. The van der Waals surface area contributed by atoms with Crippen LogP contribution >= 0.6 is 15.9 Å². The molecule has 0 aliphatic carbocycles. The zero-order valence-corrected chi connectivity index (χ0v) is 13.0. The van der Waals surface area contributed by atoms with Gasteiger partial charge in [-0.2, -0.15) is 0 Å². The molecular formula is C16H13BrN2O2. The molecule has 0 radical (unpaired) electrons. The minimum absolute atomic E-state index is 0.0378. The molecule has 0 saturated heterocycles. The van der Waals surface area contributed by atoms with E-state index in [0.29, 0.717) is 23.4 Å². The Morgan fingerprint density at radius 3 is 2.81 bits per heavy atom. The van der Waals surface area contributed by atoms with Crippen LogP contribution in [0.15, 0.2) is 47.2 Å². The number of benzene rings is 1. The van der Waals surface area contributed by atoms with E-state index < -0.39 is 0 Å². The molecule has 2 aromatic heterocycles. The summed E-state index contributed by atoms with van der Waals surface area (Å²) in [5.41, 5.74) is 1.94. The number of fused-ring (bicyclic) bond motifs is 1. The number of nitrogens with zero attached hydrogens (tertiary/aromatic N) is 1. The SMILES string of the molecule is CCOc1ccc(C(=O)c2c[nH]c3ncc(Br)cc23)cc1. The molecule has 0 aliphatic rings. The van der Waals surface area contributed by atoms with Crippen molar-refractivity contribution in [2.45, 2.75) is 6.92 Å². The predicted octanol–water partition coefficient (Wildman–Crippen LogP) is 3.96. The molecular weight excluding hydrogens is 332 g/mol. The van der Waals surface area contributed by atoms with Crippen molar-refractivity contribution in [3.63, 3.8) is 0 Å². The van der Waals surface area contributed by atoms with Gasteiger partial charge in [-0.3, -0.25) is 4.79 Å². The molecule has 3 aromatic rings. The Morgan fingerprint density at radius 2 is 2.10 bits per heavy atom. The van der Waals surface area contributed by atoms with E-state index in [-0.39, 0.29) is 5.78 Å². The second-order valence-electron chi connectivity index (χ2n) is 4.54. The third kappa shape index (κ3) is 2.69. The number of hydrogen-bond donors (Lipinski definition) is 1. The van der Waals surface area contributed by atoms with Gasteiger partial charge in [0.25, 0.3) is 0 Å². The number of ether oxygens (including phenoxy) is 1. The molecule has 0 bridgehead atoms. The first kappa shape index (κ1) is 13.8. The van der Waals surface area contributed by atoms with Crippen LogP contribution in [0, 0.1) is 0 Å². The van der Waals surface area contributed by atoms with Crippen molar-refractivity contribution >= 4 is 32.7 Å². The lowest BCUT2D eigenvalue weighted by atomic mass is 10.0. The van der Waals surface area contributed by atoms with E-state index in [0.717, 1.165) is 15.6 Å². The van der Waals surface area contributed by atoms with Crippen LogP contribution in [0.25, 0.3) is 11.0 Å². The number of ketones is 1. The lowest BCUT2D eigenvalue weighted by molar-refractivity contribution is 0.104. The Kier molecular flexibility index (Phi) is 3.75. The number of H-pyrrole nitrogens is 1. The van der Waals surface area contributed by atoms with Crippen molar-refractivity contribution in [3.05, 3.63) is 58.3 Å². The summed E-state index contributed by atoms with van der Waals surface area (Å²) in [4.78, 5) is 19.9. The quantitative estimate of drug-likeness (QED) is 0.729. The van der Waals surface area contributed by atoms with Gasteiger partial charge in [0.05, 0.1) is 6.61 Å². The van der Waals surface area contributed by atoms with Crippen LogP contribution < -0.4 is 4.74 Å². The predicted molar refractivity (Wildman–Crippen MR) is 84.8 cm³/mol. The van der Waals surface area contributed by atoms with Crippen molar-refractivity contribution in [2.24, 2.45) is 0 Å². The van der Waals surface area contributed by atoms with Crippen LogP contribution in [0.3, 0.4) is 0 Å². The number of halogens is 1. The number of pyridine rings is 1. The first-order valence-electron chi connectivity index (χ1n) is 6.59. The van der Waals surface area contributed by atoms with E-state index >= 15 is 0 Å². The zero-order chi connectivity index (χ0) is 14.8. The summed E-state index contributed by atoms with van der Waals surface area (Å²) in [6.45, 7) is 2.53. The highest BCUT2D eigenvalue weighted by Gasteiger charge is 2.15. The molecule has 0 amide bonds. The summed E-state index contributed by atoms with van der Waals surface area (Å²) >= 11 is 3.38. The maximum Gasteiger partial charge on any atom is 0.195 e. The minimum atomic E-state index is -0.0378. The van der Waals surface area contributed by atoms with Gasteiger partial charge in [0.15, 0.2) is 5.78 Å². The van der Waals surface area contributed by atoms with Crippen LogP contribution in [0.2, 0.25) is 0 Å². The Hall–Kier alpha value is -2.14. The van der Waals surface area contributed by atoms with Gasteiger partial charge < -0.3 is 9.72 Å². The number of nitrogens with one attached hydrogen (secondary N) is 1. The third-order valence-corrected chi connectivity index (χ3v) is 3.60. The molecule has 1 aromatic carbocycles. The molecule has 4 nitrogen and oxygen atoms in total. The van der Waals surface area contributed by atoms with E-state index in [1.165, 1.54) is 0 Å². The van der Waals surface area contributed by atoms with E-state index in [9.17, 15) is 4.79 Å². The summed E-state index contributed by atoms with van der Waals surface area (Å²) in [6.07, 6.45) is 3.40. The number of hydrogen-bond acceptors (Lipinski definition) is 3.